The van der Waals surface area contributed by atoms with Crippen molar-refractivity contribution in [2.75, 3.05) is 13.1 Å². The molecule has 2 N–H and O–H groups in total. The van der Waals surface area contributed by atoms with E-state index in [1.807, 2.05) is 0 Å². The minimum atomic E-state index is -0.536. The molecule has 1 rings (SSSR count). The maximum Gasteiger partial charge on any atom is 0.243 e. The van der Waals surface area contributed by atoms with Gasteiger partial charge in [-0.15, -0.1) is 0 Å². The van der Waals surface area contributed by atoms with Crippen LogP contribution >= 0.6 is 0 Å². The number of amides is 2. The van der Waals surface area contributed by atoms with Crippen molar-refractivity contribution in [1.29, 1.82) is 0 Å². The van der Waals surface area contributed by atoms with Gasteiger partial charge in [0.2, 0.25) is 11.8 Å². The summed E-state index contributed by atoms with van der Waals surface area (Å²) in [5.74, 6) is -1.21. The van der Waals surface area contributed by atoms with Crippen LogP contribution in [0, 0.1) is 0 Å². The number of nitrogens with zero attached hydrogens (tertiary/aromatic N) is 1. The van der Waals surface area contributed by atoms with Gasteiger partial charge in [0, 0.05) is 12.0 Å². The molecule has 5 nitrogen and oxygen atoms in total. The lowest BCUT2D eigenvalue weighted by Crippen LogP contribution is -2.43. The highest BCUT2D eigenvalue weighted by Crippen LogP contribution is 2.03. The lowest BCUT2D eigenvalue weighted by molar-refractivity contribution is -0.143. The zero-order valence-corrected chi connectivity index (χ0v) is 10.3. The maximum atomic E-state index is 11.9. The summed E-state index contributed by atoms with van der Waals surface area (Å²) in [7, 11) is 0. The third kappa shape index (κ3) is 3.49. The van der Waals surface area contributed by atoms with Gasteiger partial charge in [-0.2, -0.15) is 0 Å². The van der Waals surface area contributed by atoms with Crippen LogP contribution in [0.3, 0.4) is 0 Å². The lowest BCUT2D eigenvalue weighted by Gasteiger charge is -2.18. The zero-order valence-electron chi connectivity index (χ0n) is 10.3. The monoisotopic (exact) mass is 248 g/mol. The first-order chi connectivity index (χ1) is 8.60. The summed E-state index contributed by atoms with van der Waals surface area (Å²) in [5, 5.41) is 0. The largest absolute Gasteiger partial charge is 0.322 e. The van der Waals surface area contributed by atoms with Crippen LogP contribution in [0.15, 0.2) is 30.3 Å². The van der Waals surface area contributed by atoms with Gasteiger partial charge in [0.25, 0.3) is 0 Å². The van der Waals surface area contributed by atoms with Gasteiger partial charge in [-0.05, 0) is 0 Å². The Bertz CT molecular complexity index is 427. The van der Waals surface area contributed by atoms with Gasteiger partial charge in [-0.25, -0.2) is 0 Å². The number of imide groups is 1. The van der Waals surface area contributed by atoms with Crippen molar-refractivity contribution in [3.63, 3.8) is 0 Å². The number of ketones is 1. The van der Waals surface area contributed by atoms with Crippen molar-refractivity contribution in [2.45, 2.75) is 13.3 Å². The van der Waals surface area contributed by atoms with E-state index in [1.165, 1.54) is 0 Å². The van der Waals surface area contributed by atoms with Gasteiger partial charge < -0.3 is 5.73 Å². The SMILES string of the molecule is CCC(=O)N(CC(=O)c1ccccc1)C(=O)CN. The Labute approximate surface area is 106 Å². The lowest BCUT2D eigenvalue weighted by atomic mass is 10.1. The summed E-state index contributed by atoms with van der Waals surface area (Å²) in [6.07, 6.45) is 0.161. The summed E-state index contributed by atoms with van der Waals surface area (Å²) in [4.78, 5) is 35.9. The minimum Gasteiger partial charge on any atom is -0.322 e. The predicted molar refractivity (Wildman–Crippen MR) is 66.8 cm³/mol. The van der Waals surface area contributed by atoms with E-state index in [0.717, 1.165) is 4.90 Å². The number of nitrogens with two attached hydrogens (primary N) is 1. The molecule has 0 aliphatic heterocycles. The van der Waals surface area contributed by atoms with E-state index in [2.05, 4.69) is 0 Å². The molecule has 0 saturated heterocycles. The second-order valence-electron chi connectivity index (χ2n) is 3.72. The summed E-state index contributed by atoms with van der Waals surface area (Å²) < 4.78 is 0. The van der Waals surface area contributed by atoms with Gasteiger partial charge in [-0.3, -0.25) is 19.3 Å². The number of Topliss-reactive ketones (excluding diaryl/α,β-unsaturated/α-hetero) is 1. The zero-order chi connectivity index (χ0) is 13.5. The van der Waals surface area contributed by atoms with Crippen LogP contribution in [0.1, 0.15) is 23.7 Å². The molecule has 0 heterocycles. The Kier molecular flexibility index (Phi) is 5.20. The van der Waals surface area contributed by atoms with E-state index in [-0.39, 0.29) is 25.3 Å². The molecule has 0 saturated carbocycles. The molecule has 0 aliphatic carbocycles. The summed E-state index contributed by atoms with van der Waals surface area (Å²) in [6, 6.07) is 8.53. The molecule has 0 spiro atoms. The minimum absolute atomic E-state index is 0.161. The molecular weight excluding hydrogens is 232 g/mol. The Balaban J connectivity index is 2.81. The van der Waals surface area contributed by atoms with Gasteiger partial charge >= 0.3 is 0 Å². The first-order valence-corrected chi connectivity index (χ1v) is 5.71. The van der Waals surface area contributed by atoms with Crippen LogP contribution < -0.4 is 5.73 Å². The highest BCUT2D eigenvalue weighted by molar-refractivity contribution is 6.04. The molecule has 18 heavy (non-hydrogen) atoms. The number of hydrogen-bond donors (Lipinski definition) is 1. The van der Waals surface area contributed by atoms with Crippen molar-refractivity contribution < 1.29 is 14.4 Å². The molecule has 5 heteroatoms. The van der Waals surface area contributed by atoms with Crippen molar-refractivity contribution >= 4 is 17.6 Å². The second kappa shape index (κ2) is 6.66. The highest BCUT2D eigenvalue weighted by Gasteiger charge is 2.22. The summed E-state index contributed by atoms with van der Waals surface area (Å²) in [5.41, 5.74) is 5.69. The van der Waals surface area contributed by atoms with Gasteiger partial charge in [0.15, 0.2) is 5.78 Å². The molecule has 96 valence electrons. The van der Waals surface area contributed by atoms with Crippen molar-refractivity contribution in [1.82, 2.24) is 4.90 Å². The van der Waals surface area contributed by atoms with E-state index in [9.17, 15) is 14.4 Å². The van der Waals surface area contributed by atoms with Crippen LogP contribution in [-0.2, 0) is 9.59 Å². The Morgan fingerprint density at radius 1 is 1.11 bits per heavy atom. The average Bonchev–Trinajstić information content (AvgIpc) is 2.43. The molecule has 0 bridgehead atoms. The third-order valence-electron chi connectivity index (χ3n) is 2.48. The third-order valence-corrected chi connectivity index (χ3v) is 2.48. The number of carbonyl (C=O) groups is 3. The molecule has 1 aromatic rings. The quantitative estimate of drug-likeness (QED) is 0.773. The molecule has 0 atom stereocenters. The fourth-order valence-corrected chi connectivity index (χ4v) is 1.48. The molecule has 0 unspecified atom stereocenters. The number of rotatable bonds is 5. The molecule has 1 aromatic carbocycles. The first-order valence-electron chi connectivity index (χ1n) is 5.71. The topological polar surface area (TPSA) is 80.5 Å². The Hall–Kier alpha value is -2.01. The van der Waals surface area contributed by atoms with E-state index in [1.54, 1.807) is 37.3 Å². The smallest absolute Gasteiger partial charge is 0.243 e. The predicted octanol–water partition coefficient (Wildman–Crippen LogP) is 0.593. The molecule has 0 fully saturated rings. The maximum absolute atomic E-state index is 11.9. The first kappa shape index (κ1) is 14.1. The van der Waals surface area contributed by atoms with Gasteiger partial charge in [0.1, 0.15) is 0 Å². The fraction of sp³-hybridized carbons (Fsp3) is 0.308. The molecule has 2 amide bonds. The van der Waals surface area contributed by atoms with Crippen LogP contribution in [-0.4, -0.2) is 35.6 Å². The summed E-state index contributed by atoms with van der Waals surface area (Å²) >= 11 is 0. The van der Waals surface area contributed by atoms with Crippen molar-refractivity contribution in [2.24, 2.45) is 5.73 Å². The Morgan fingerprint density at radius 3 is 2.22 bits per heavy atom. The molecule has 0 aromatic heterocycles. The number of carbonyl (C=O) groups excluding carboxylic acids is 3. The van der Waals surface area contributed by atoms with E-state index < -0.39 is 11.8 Å². The standard InChI is InChI=1S/C13H16N2O3/c1-2-12(17)15(13(18)8-14)9-11(16)10-6-4-3-5-7-10/h3-7H,2,8-9,14H2,1H3. The Morgan fingerprint density at radius 2 is 1.72 bits per heavy atom. The van der Waals surface area contributed by atoms with Gasteiger partial charge in [0.05, 0.1) is 13.1 Å². The van der Waals surface area contributed by atoms with Gasteiger partial charge in [-0.1, -0.05) is 37.3 Å². The molecular formula is C13H16N2O3. The number of benzene rings is 1. The van der Waals surface area contributed by atoms with Crippen LogP contribution in [0.4, 0.5) is 0 Å². The molecule has 0 aliphatic rings. The number of hydrogen-bond acceptors (Lipinski definition) is 4. The van der Waals surface area contributed by atoms with E-state index in [4.69, 9.17) is 5.73 Å². The molecule has 0 radical (unpaired) electrons. The van der Waals surface area contributed by atoms with Crippen LogP contribution in [0.25, 0.3) is 0 Å². The van der Waals surface area contributed by atoms with Crippen LogP contribution in [0.5, 0.6) is 0 Å². The summed E-state index contributed by atoms with van der Waals surface area (Å²) in [6.45, 7) is 1.09. The second-order valence-corrected chi connectivity index (χ2v) is 3.72. The normalized spacial score (nSPS) is 9.89. The van der Waals surface area contributed by atoms with Crippen LogP contribution in [0.2, 0.25) is 0 Å². The highest BCUT2D eigenvalue weighted by atomic mass is 16.2. The van der Waals surface area contributed by atoms with E-state index in [0.29, 0.717) is 5.56 Å². The van der Waals surface area contributed by atoms with Crippen molar-refractivity contribution in [3.8, 4) is 0 Å². The average molecular weight is 248 g/mol. The fourth-order valence-electron chi connectivity index (χ4n) is 1.48. The van der Waals surface area contributed by atoms with E-state index >= 15 is 0 Å². The van der Waals surface area contributed by atoms with Crippen molar-refractivity contribution in [3.05, 3.63) is 35.9 Å².